The molecule has 3 heterocycles. The van der Waals surface area contributed by atoms with Crippen LogP contribution in [-0.2, 0) is 0 Å². The number of nitrogens with one attached hydrogen (secondary N) is 2. The fourth-order valence-corrected chi connectivity index (χ4v) is 5.83. The topological polar surface area (TPSA) is 94.7 Å². The van der Waals surface area contributed by atoms with Gasteiger partial charge in [-0.3, -0.25) is 9.88 Å². The van der Waals surface area contributed by atoms with Crippen LogP contribution in [0.4, 0.5) is 11.4 Å². The van der Waals surface area contributed by atoms with E-state index in [4.69, 9.17) is 11.6 Å². The fourth-order valence-electron chi connectivity index (χ4n) is 5.56. The van der Waals surface area contributed by atoms with Gasteiger partial charge in [0, 0.05) is 41.9 Å². The van der Waals surface area contributed by atoms with Crippen LogP contribution in [0, 0.1) is 16.7 Å². The number of piperidine rings is 1. The molecule has 43 heavy (non-hydrogen) atoms. The third-order valence-electron chi connectivity index (χ3n) is 8.76. The summed E-state index contributed by atoms with van der Waals surface area (Å²) in [5, 5.41) is 27.8. The predicted molar refractivity (Wildman–Crippen MR) is 176 cm³/mol. The summed E-state index contributed by atoms with van der Waals surface area (Å²) in [6.45, 7) is 17.6. The van der Waals surface area contributed by atoms with E-state index in [-0.39, 0.29) is 23.0 Å². The number of nitrogens with zero attached hydrogens (tertiary/aromatic N) is 6. The minimum Gasteiger partial charge on any atom is -0.380 e. The zero-order chi connectivity index (χ0) is 30.9. The highest BCUT2D eigenvalue weighted by Gasteiger charge is 2.29. The second-order valence-electron chi connectivity index (χ2n) is 13.7. The molecule has 9 heteroatoms. The molecular formula is C34H43ClN8. The van der Waals surface area contributed by atoms with E-state index in [1.54, 1.807) is 6.20 Å². The Labute approximate surface area is 260 Å². The molecule has 5 rings (SSSR count). The zero-order valence-corrected chi connectivity index (χ0v) is 27.1. The molecule has 0 aliphatic carbocycles. The van der Waals surface area contributed by atoms with Gasteiger partial charge < -0.3 is 10.6 Å². The van der Waals surface area contributed by atoms with Crippen LogP contribution in [0.1, 0.15) is 90.2 Å². The monoisotopic (exact) mass is 598 g/mol. The molecule has 0 spiro atoms. The van der Waals surface area contributed by atoms with Gasteiger partial charge in [-0.1, -0.05) is 67.9 Å². The first-order valence-electron chi connectivity index (χ1n) is 15.1. The van der Waals surface area contributed by atoms with Crippen LogP contribution in [0.15, 0.2) is 54.9 Å². The maximum absolute atomic E-state index is 9.94. The van der Waals surface area contributed by atoms with Gasteiger partial charge in [0.25, 0.3) is 0 Å². The zero-order valence-electron chi connectivity index (χ0n) is 26.3. The number of pyridine rings is 1. The molecular weight excluding hydrogens is 556 g/mol. The van der Waals surface area contributed by atoms with E-state index < -0.39 is 0 Å². The smallest absolute Gasteiger partial charge is 0.109 e. The van der Waals surface area contributed by atoms with Crippen LogP contribution in [0.2, 0.25) is 5.02 Å². The van der Waals surface area contributed by atoms with Crippen molar-refractivity contribution in [2.45, 2.75) is 85.0 Å². The molecule has 0 amide bonds. The van der Waals surface area contributed by atoms with Gasteiger partial charge >= 0.3 is 0 Å². The fraction of sp³-hybridized carbons (Fsp3) is 0.471. The number of benzene rings is 2. The maximum Gasteiger partial charge on any atom is 0.109 e. The number of anilines is 2. The molecule has 1 fully saturated rings. The lowest BCUT2D eigenvalue weighted by molar-refractivity contribution is 0.0866. The molecule has 4 aromatic rings. The largest absolute Gasteiger partial charge is 0.380 e. The average Bonchev–Trinajstić information content (AvgIpc) is 3.46. The molecule has 2 atom stereocenters. The second-order valence-corrected chi connectivity index (χ2v) is 14.2. The maximum atomic E-state index is 9.94. The van der Waals surface area contributed by atoms with Crippen molar-refractivity contribution in [3.63, 3.8) is 0 Å². The van der Waals surface area contributed by atoms with E-state index in [0.717, 1.165) is 53.9 Å². The molecule has 0 bridgehead atoms. The van der Waals surface area contributed by atoms with Gasteiger partial charge in [-0.15, -0.1) is 5.10 Å². The Kier molecular flexibility index (Phi) is 8.69. The Morgan fingerprint density at radius 1 is 1.02 bits per heavy atom. The molecule has 8 nitrogen and oxygen atoms in total. The molecule has 1 aliphatic rings. The number of fused-ring (bicyclic) bond motifs is 1. The number of nitriles is 1. The minimum absolute atomic E-state index is 0.0183. The first kappa shape index (κ1) is 30.8. The standard InChI is InChI=1S/C34H43ClN8/c1-22(33(2,3)4)38-30-24(19-36)20-37-32-27(30)17-25(18-28(32)35)39-31(23-11-9-8-10-12-23)29-21-43(41-40-29)26-13-15-42(16-14-26)34(5,6)7/h8-12,17-18,20-22,26,31,39H,13-16H2,1-7H3,(H,37,38)/t22?,31-/m0/s1. The lowest BCUT2D eigenvalue weighted by Gasteiger charge is -2.40. The Bertz CT molecular complexity index is 1600. The van der Waals surface area contributed by atoms with Crippen molar-refractivity contribution in [3.05, 3.63) is 76.7 Å². The van der Waals surface area contributed by atoms with Crippen molar-refractivity contribution < 1.29 is 0 Å². The lowest BCUT2D eigenvalue weighted by Crippen LogP contribution is -2.46. The van der Waals surface area contributed by atoms with Crippen molar-refractivity contribution >= 4 is 33.9 Å². The van der Waals surface area contributed by atoms with Crippen LogP contribution in [0.5, 0.6) is 0 Å². The van der Waals surface area contributed by atoms with E-state index in [9.17, 15) is 5.26 Å². The summed E-state index contributed by atoms with van der Waals surface area (Å²) in [4.78, 5) is 7.08. The average molecular weight is 599 g/mol. The van der Waals surface area contributed by atoms with Crippen LogP contribution >= 0.6 is 11.6 Å². The predicted octanol–water partition coefficient (Wildman–Crippen LogP) is 7.83. The summed E-state index contributed by atoms with van der Waals surface area (Å²) in [7, 11) is 0. The summed E-state index contributed by atoms with van der Waals surface area (Å²) in [6, 6.07) is 16.6. The molecule has 1 saturated heterocycles. The van der Waals surface area contributed by atoms with Crippen LogP contribution in [0.3, 0.4) is 0 Å². The summed E-state index contributed by atoms with van der Waals surface area (Å²) in [5.74, 6) is 0. The second kappa shape index (κ2) is 12.1. The van der Waals surface area contributed by atoms with E-state index >= 15 is 0 Å². The van der Waals surface area contributed by atoms with Crippen molar-refractivity contribution in [2.24, 2.45) is 5.41 Å². The third kappa shape index (κ3) is 6.79. The van der Waals surface area contributed by atoms with Gasteiger partial charge in [-0.2, -0.15) is 5.26 Å². The van der Waals surface area contributed by atoms with Crippen molar-refractivity contribution in [1.29, 1.82) is 5.26 Å². The summed E-state index contributed by atoms with van der Waals surface area (Å²) in [6.07, 6.45) is 5.76. The van der Waals surface area contributed by atoms with Gasteiger partial charge in [0.05, 0.1) is 40.1 Å². The highest BCUT2D eigenvalue weighted by Crippen LogP contribution is 2.37. The molecule has 2 aromatic carbocycles. The summed E-state index contributed by atoms with van der Waals surface area (Å²) < 4.78 is 2.04. The molecule has 1 aliphatic heterocycles. The van der Waals surface area contributed by atoms with E-state index in [0.29, 0.717) is 22.1 Å². The first-order valence-corrected chi connectivity index (χ1v) is 15.5. The first-order chi connectivity index (χ1) is 20.3. The Balaban J connectivity index is 1.49. The number of likely N-dealkylation sites (tertiary alicyclic amines) is 1. The van der Waals surface area contributed by atoms with E-state index in [2.05, 4.69) is 104 Å². The number of hydrogen-bond donors (Lipinski definition) is 2. The Morgan fingerprint density at radius 3 is 2.35 bits per heavy atom. The highest BCUT2D eigenvalue weighted by molar-refractivity contribution is 6.35. The SMILES string of the molecule is CC(Nc1c(C#N)cnc2c(Cl)cc(N[C@@H](c3ccccc3)c3cn(C4CCN(C(C)(C)C)CC4)nn3)cc12)C(C)(C)C. The van der Waals surface area contributed by atoms with Gasteiger partial charge in [0.1, 0.15) is 11.8 Å². The van der Waals surface area contributed by atoms with Gasteiger partial charge in [-0.05, 0) is 63.6 Å². The van der Waals surface area contributed by atoms with Crippen LogP contribution < -0.4 is 10.6 Å². The summed E-state index contributed by atoms with van der Waals surface area (Å²) in [5.41, 5.74) is 4.74. The lowest BCUT2D eigenvalue weighted by atomic mass is 9.87. The van der Waals surface area contributed by atoms with E-state index in [1.807, 2.05) is 35.0 Å². The van der Waals surface area contributed by atoms with Gasteiger partial charge in [0.15, 0.2) is 0 Å². The van der Waals surface area contributed by atoms with Gasteiger partial charge in [0.2, 0.25) is 0 Å². The molecule has 226 valence electrons. The number of halogens is 1. The third-order valence-corrected chi connectivity index (χ3v) is 9.05. The summed E-state index contributed by atoms with van der Waals surface area (Å²) >= 11 is 6.83. The van der Waals surface area contributed by atoms with Crippen molar-refractivity contribution in [2.75, 3.05) is 23.7 Å². The van der Waals surface area contributed by atoms with Crippen LogP contribution in [-0.4, -0.2) is 49.5 Å². The Morgan fingerprint density at radius 2 is 1.72 bits per heavy atom. The van der Waals surface area contributed by atoms with Crippen molar-refractivity contribution in [1.82, 2.24) is 24.9 Å². The Hall–Kier alpha value is -3.67. The molecule has 2 aromatic heterocycles. The molecule has 0 saturated carbocycles. The quantitative estimate of drug-likeness (QED) is 0.224. The molecule has 2 N–H and O–H groups in total. The minimum atomic E-state index is -0.254. The number of aromatic nitrogens is 4. The normalized spacial score (nSPS) is 16.5. The number of rotatable bonds is 7. The van der Waals surface area contributed by atoms with Gasteiger partial charge in [-0.25, -0.2) is 4.68 Å². The highest BCUT2D eigenvalue weighted by atomic mass is 35.5. The molecule has 0 radical (unpaired) electrons. The van der Waals surface area contributed by atoms with E-state index in [1.165, 1.54) is 0 Å². The van der Waals surface area contributed by atoms with Crippen molar-refractivity contribution in [3.8, 4) is 6.07 Å². The molecule has 1 unspecified atom stereocenters. The van der Waals surface area contributed by atoms with Crippen LogP contribution in [0.25, 0.3) is 10.9 Å². The number of hydrogen-bond acceptors (Lipinski definition) is 7.